The molecule has 1 N–H and O–H groups in total. The molecule has 35 heavy (non-hydrogen) atoms. The molecule has 1 heterocycles. The van der Waals surface area contributed by atoms with Gasteiger partial charge in [0, 0.05) is 37.8 Å². The van der Waals surface area contributed by atoms with Gasteiger partial charge in [0.1, 0.15) is 17.1 Å². The summed E-state index contributed by atoms with van der Waals surface area (Å²) in [6.07, 6.45) is 2.12. The molecule has 1 atom stereocenters. The molecule has 0 aliphatic carbocycles. The number of methoxy groups -OCH3 is 1. The van der Waals surface area contributed by atoms with Gasteiger partial charge in [-0.1, -0.05) is 43.7 Å². The number of hydrogen-bond acceptors (Lipinski definition) is 5. The highest BCUT2D eigenvalue weighted by molar-refractivity contribution is 7.92. The number of carbonyl (C=O) groups is 1. The molecule has 0 saturated carbocycles. The van der Waals surface area contributed by atoms with Crippen LogP contribution in [0.25, 0.3) is 0 Å². The number of aryl methyl sites for hydroxylation is 2. The highest BCUT2D eigenvalue weighted by atomic mass is 32.2. The average Bonchev–Trinajstić information content (AvgIpc) is 2.90. The lowest BCUT2D eigenvalue weighted by atomic mass is 10.1. The SMILES string of the molecule is CCCc1ccc(N[S+]([O-])c2ccc(C)c(C(=O)N3CCN(c4ccccc4OC)CC3)c2)cc1. The largest absolute Gasteiger partial charge is 0.588 e. The Morgan fingerprint density at radius 2 is 1.74 bits per heavy atom. The fraction of sp³-hybridized carbons (Fsp3) is 0.321. The molecule has 1 fully saturated rings. The Bertz CT molecular complexity index is 1140. The third-order valence-electron chi connectivity index (χ3n) is 6.35. The zero-order valence-corrected chi connectivity index (χ0v) is 21.4. The maximum atomic E-state index is 13.4. The lowest BCUT2D eigenvalue weighted by Crippen LogP contribution is -2.49. The minimum atomic E-state index is -1.46. The van der Waals surface area contributed by atoms with Crippen LogP contribution in [0.15, 0.2) is 71.6 Å². The van der Waals surface area contributed by atoms with Gasteiger partial charge in [-0.05, 0) is 54.8 Å². The summed E-state index contributed by atoms with van der Waals surface area (Å²) >= 11 is -1.46. The van der Waals surface area contributed by atoms with Gasteiger partial charge >= 0.3 is 0 Å². The van der Waals surface area contributed by atoms with Gasteiger partial charge in [0.25, 0.3) is 5.91 Å². The van der Waals surface area contributed by atoms with Crippen LogP contribution in [0.2, 0.25) is 0 Å². The molecule has 1 aliphatic heterocycles. The first-order valence-electron chi connectivity index (χ1n) is 12.1. The number of benzene rings is 3. The second-order valence-electron chi connectivity index (χ2n) is 8.75. The minimum absolute atomic E-state index is 0.0232. The number of amides is 1. The van der Waals surface area contributed by atoms with Crippen molar-refractivity contribution in [2.24, 2.45) is 0 Å². The van der Waals surface area contributed by atoms with Gasteiger partial charge in [-0.3, -0.25) is 4.79 Å². The first kappa shape index (κ1) is 24.9. The number of carbonyl (C=O) groups excluding carboxylic acids is 1. The summed E-state index contributed by atoms with van der Waals surface area (Å²) in [7, 11) is 1.68. The normalized spacial score (nSPS) is 14.5. The Balaban J connectivity index is 1.42. The molecule has 1 unspecified atom stereocenters. The van der Waals surface area contributed by atoms with E-state index in [0.29, 0.717) is 23.5 Å². The van der Waals surface area contributed by atoms with E-state index in [9.17, 15) is 9.35 Å². The highest BCUT2D eigenvalue weighted by Crippen LogP contribution is 2.29. The average molecular weight is 492 g/mol. The Morgan fingerprint density at radius 1 is 1.03 bits per heavy atom. The summed E-state index contributed by atoms with van der Waals surface area (Å²) in [6.45, 7) is 6.76. The van der Waals surface area contributed by atoms with Crippen LogP contribution in [0.3, 0.4) is 0 Å². The monoisotopic (exact) mass is 491 g/mol. The van der Waals surface area contributed by atoms with Gasteiger partial charge in [0.05, 0.1) is 18.5 Å². The van der Waals surface area contributed by atoms with Gasteiger partial charge < -0.3 is 19.1 Å². The number of para-hydroxylation sites is 2. The zero-order valence-electron chi connectivity index (χ0n) is 20.6. The first-order chi connectivity index (χ1) is 17.0. The van der Waals surface area contributed by atoms with Crippen LogP contribution in [-0.4, -0.2) is 48.6 Å². The lowest BCUT2D eigenvalue weighted by molar-refractivity contribution is 0.0745. The summed E-state index contributed by atoms with van der Waals surface area (Å²) in [5.41, 5.74) is 4.58. The van der Waals surface area contributed by atoms with E-state index in [4.69, 9.17) is 4.74 Å². The number of nitrogens with zero attached hydrogens (tertiary/aromatic N) is 2. The van der Waals surface area contributed by atoms with Crippen LogP contribution in [-0.2, 0) is 17.8 Å². The molecule has 6 nitrogen and oxygen atoms in total. The summed E-state index contributed by atoms with van der Waals surface area (Å²) in [6, 6.07) is 21.4. The van der Waals surface area contributed by atoms with Crippen molar-refractivity contribution in [1.82, 2.24) is 4.90 Å². The van der Waals surface area contributed by atoms with Gasteiger partial charge in [0.15, 0.2) is 4.90 Å². The molecule has 1 saturated heterocycles. The summed E-state index contributed by atoms with van der Waals surface area (Å²) in [5.74, 6) is 0.816. The molecule has 184 valence electrons. The quantitative estimate of drug-likeness (QED) is 0.447. The Morgan fingerprint density at radius 3 is 2.43 bits per heavy atom. The third-order valence-corrected chi connectivity index (χ3v) is 7.45. The molecule has 3 aromatic rings. The van der Waals surface area contributed by atoms with Gasteiger partial charge in [-0.2, -0.15) is 0 Å². The highest BCUT2D eigenvalue weighted by Gasteiger charge is 2.26. The van der Waals surface area contributed by atoms with E-state index in [-0.39, 0.29) is 5.91 Å². The van der Waals surface area contributed by atoms with E-state index in [1.807, 2.05) is 60.4 Å². The van der Waals surface area contributed by atoms with Crippen molar-refractivity contribution in [2.75, 3.05) is 42.9 Å². The number of hydrogen-bond donors (Lipinski definition) is 1. The number of anilines is 2. The van der Waals surface area contributed by atoms with Gasteiger partial charge in [-0.15, -0.1) is 0 Å². The summed E-state index contributed by atoms with van der Waals surface area (Å²) in [4.78, 5) is 18.1. The second-order valence-corrected chi connectivity index (χ2v) is 9.96. The molecular weight excluding hydrogens is 458 g/mol. The molecule has 0 radical (unpaired) electrons. The predicted molar refractivity (Wildman–Crippen MR) is 143 cm³/mol. The van der Waals surface area contributed by atoms with E-state index < -0.39 is 11.4 Å². The Kier molecular flexibility index (Phi) is 8.21. The number of ether oxygens (including phenoxy) is 1. The molecule has 3 aromatic carbocycles. The van der Waals surface area contributed by atoms with E-state index in [1.54, 1.807) is 13.2 Å². The fourth-order valence-electron chi connectivity index (χ4n) is 4.35. The van der Waals surface area contributed by atoms with Crippen molar-refractivity contribution < 1.29 is 14.1 Å². The fourth-order valence-corrected chi connectivity index (χ4v) is 5.24. The van der Waals surface area contributed by atoms with Crippen LogP contribution >= 0.6 is 0 Å². The van der Waals surface area contributed by atoms with Crippen LogP contribution in [0, 0.1) is 6.92 Å². The van der Waals surface area contributed by atoms with Crippen molar-refractivity contribution in [3.8, 4) is 5.75 Å². The molecule has 1 aliphatic rings. The molecule has 0 bridgehead atoms. The summed E-state index contributed by atoms with van der Waals surface area (Å²) in [5, 5.41) is 0. The molecule has 1 amide bonds. The van der Waals surface area contributed by atoms with Crippen molar-refractivity contribution >= 4 is 28.6 Å². The standard InChI is InChI=1S/C28H33N3O3S/c1-4-7-22-11-13-23(14-12-22)29-35(33)24-15-10-21(2)25(20-24)28(32)31-18-16-30(17-19-31)26-8-5-6-9-27(26)34-3/h5-6,8-15,20,29H,4,7,16-19H2,1-3H3. The lowest BCUT2D eigenvalue weighted by Gasteiger charge is -2.36. The van der Waals surface area contributed by atoms with Crippen LogP contribution in [0.4, 0.5) is 11.4 Å². The van der Waals surface area contributed by atoms with Crippen LogP contribution in [0.1, 0.15) is 34.8 Å². The predicted octanol–water partition coefficient (Wildman–Crippen LogP) is 5.05. The minimum Gasteiger partial charge on any atom is -0.588 e. The smallest absolute Gasteiger partial charge is 0.254 e. The second kappa shape index (κ2) is 11.5. The van der Waals surface area contributed by atoms with E-state index in [1.165, 1.54) is 5.56 Å². The third kappa shape index (κ3) is 5.92. The molecule has 0 aromatic heterocycles. The van der Waals surface area contributed by atoms with E-state index in [0.717, 1.165) is 48.6 Å². The van der Waals surface area contributed by atoms with E-state index >= 15 is 0 Å². The number of rotatable bonds is 8. The van der Waals surface area contributed by atoms with E-state index in [2.05, 4.69) is 28.7 Å². The zero-order chi connectivity index (χ0) is 24.8. The van der Waals surface area contributed by atoms with Crippen LogP contribution < -0.4 is 14.4 Å². The Hall–Kier alpha value is -3.16. The van der Waals surface area contributed by atoms with Crippen molar-refractivity contribution in [3.63, 3.8) is 0 Å². The van der Waals surface area contributed by atoms with Crippen LogP contribution in [0.5, 0.6) is 5.75 Å². The number of nitrogens with one attached hydrogen (secondary N) is 1. The Labute approximate surface area is 211 Å². The maximum absolute atomic E-state index is 13.4. The summed E-state index contributed by atoms with van der Waals surface area (Å²) < 4.78 is 21.6. The maximum Gasteiger partial charge on any atom is 0.254 e. The number of piperazine rings is 1. The van der Waals surface area contributed by atoms with Crippen molar-refractivity contribution in [1.29, 1.82) is 0 Å². The van der Waals surface area contributed by atoms with Crippen molar-refractivity contribution in [3.05, 3.63) is 83.4 Å². The molecule has 7 heteroatoms. The first-order valence-corrected chi connectivity index (χ1v) is 13.2. The molecular formula is C28H33N3O3S. The van der Waals surface area contributed by atoms with Crippen molar-refractivity contribution in [2.45, 2.75) is 31.6 Å². The van der Waals surface area contributed by atoms with Gasteiger partial charge in [0.2, 0.25) is 0 Å². The molecule has 4 rings (SSSR count). The van der Waals surface area contributed by atoms with Gasteiger partial charge in [-0.25, -0.2) is 4.72 Å². The topological polar surface area (TPSA) is 67.9 Å². The molecule has 0 spiro atoms.